The van der Waals surface area contributed by atoms with Gasteiger partial charge in [0.05, 0.1) is 18.7 Å². The SMILES string of the molecule is CCOc1c(Cl)cc(/C=C/C(=O)OCc2cc(C)on2)cc1OC. The average Bonchev–Trinajstić information content (AvgIpc) is 2.98. The number of esters is 1. The molecule has 0 radical (unpaired) electrons. The first-order valence-electron chi connectivity index (χ1n) is 7.30. The minimum Gasteiger partial charge on any atom is -0.493 e. The number of hydrogen-bond acceptors (Lipinski definition) is 6. The van der Waals surface area contributed by atoms with E-state index in [0.29, 0.717) is 40.1 Å². The molecule has 0 saturated carbocycles. The number of aromatic nitrogens is 1. The molecule has 1 heterocycles. The Bertz CT molecular complexity index is 739. The zero-order valence-corrected chi connectivity index (χ0v) is 14.4. The standard InChI is InChI=1S/C17H18ClNO5/c1-4-22-17-14(18)8-12(9-15(17)21-3)5-6-16(20)23-10-13-7-11(2)24-19-13/h5-9H,4,10H2,1-3H3/b6-5+. The predicted molar refractivity (Wildman–Crippen MR) is 89.2 cm³/mol. The Morgan fingerprint density at radius 1 is 1.38 bits per heavy atom. The summed E-state index contributed by atoms with van der Waals surface area (Å²) in [6.07, 6.45) is 2.89. The van der Waals surface area contributed by atoms with E-state index >= 15 is 0 Å². The second-order valence-electron chi connectivity index (χ2n) is 4.84. The Labute approximate surface area is 144 Å². The Morgan fingerprint density at radius 3 is 2.79 bits per heavy atom. The van der Waals surface area contributed by atoms with Gasteiger partial charge in [-0.05, 0) is 37.6 Å². The van der Waals surface area contributed by atoms with Gasteiger partial charge >= 0.3 is 5.97 Å². The van der Waals surface area contributed by atoms with Crippen LogP contribution in [0.1, 0.15) is 23.9 Å². The lowest BCUT2D eigenvalue weighted by Gasteiger charge is -2.11. The molecule has 0 aliphatic rings. The van der Waals surface area contributed by atoms with Crippen molar-refractivity contribution in [3.63, 3.8) is 0 Å². The molecular weight excluding hydrogens is 334 g/mol. The van der Waals surface area contributed by atoms with Crippen LogP contribution < -0.4 is 9.47 Å². The number of carbonyl (C=O) groups excluding carboxylic acids is 1. The maximum absolute atomic E-state index is 11.7. The third-order valence-corrected chi connectivity index (χ3v) is 3.27. The molecule has 0 aliphatic carbocycles. The van der Waals surface area contributed by atoms with Crippen LogP contribution in [-0.2, 0) is 16.1 Å². The third kappa shape index (κ3) is 4.76. The molecule has 0 fully saturated rings. The van der Waals surface area contributed by atoms with Crippen LogP contribution in [-0.4, -0.2) is 24.8 Å². The van der Waals surface area contributed by atoms with Crippen molar-refractivity contribution in [2.75, 3.05) is 13.7 Å². The Balaban J connectivity index is 2.02. The van der Waals surface area contributed by atoms with Crippen LogP contribution in [0.15, 0.2) is 28.8 Å². The monoisotopic (exact) mass is 351 g/mol. The number of rotatable bonds is 7. The van der Waals surface area contributed by atoms with Crippen molar-refractivity contribution in [1.29, 1.82) is 0 Å². The van der Waals surface area contributed by atoms with Gasteiger partial charge in [-0.1, -0.05) is 16.8 Å². The molecule has 7 heteroatoms. The summed E-state index contributed by atoms with van der Waals surface area (Å²) in [6.45, 7) is 4.14. The molecule has 0 unspecified atom stereocenters. The van der Waals surface area contributed by atoms with Crippen molar-refractivity contribution in [2.24, 2.45) is 0 Å². The molecule has 0 aliphatic heterocycles. The van der Waals surface area contributed by atoms with E-state index in [-0.39, 0.29) is 6.61 Å². The zero-order valence-electron chi connectivity index (χ0n) is 13.7. The number of methoxy groups -OCH3 is 1. The number of carbonyl (C=O) groups is 1. The lowest BCUT2D eigenvalue weighted by molar-refractivity contribution is -0.139. The van der Waals surface area contributed by atoms with Gasteiger partial charge in [0, 0.05) is 12.1 Å². The first-order chi connectivity index (χ1) is 11.5. The minimum absolute atomic E-state index is 0.0495. The van der Waals surface area contributed by atoms with Crippen molar-refractivity contribution in [2.45, 2.75) is 20.5 Å². The number of hydrogen-bond donors (Lipinski definition) is 0. The van der Waals surface area contributed by atoms with E-state index in [0.717, 1.165) is 0 Å². The van der Waals surface area contributed by atoms with Crippen LogP contribution in [0, 0.1) is 6.92 Å². The van der Waals surface area contributed by atoms with Crippen LogP contribution in [0.4, 0.5) is 0 Å². The normalized spacial score (nSPS) is 10.8. The first kappa shape index (κ1) is 17.9. The maximum Gasteiger partial charge on any atom is 0.331 e. The topological polar surface area (TPSA) is 70.8 Å². The number of aryl methyl sites for hydroxylation is 1. The quantitative estimate of drug-likeness (QED) is 0.558. The van der Waals surface area contributed by atoms with Gasteiger partial charge in [-0.15, -0.1) is 0 Å². The third-order valence-electron chi connectivity index (χ3n) is 2.99. The zero-order chi connectivity index (χ0) is 17.5. The van der Waals surface area contributed by atoms with Crippen LogP contribution in [0.3, 0.4) is 0 Å². The molecule has 0 saturated heterocycles. The largest absolute Gasteiger partial charge is 0.493 e. The summed E-state index contributed by atoms with van der Waals surface area (Å²) < 4.78 is 20.7. The van der Waals surface area contributed by atoms with E-state index < -0.39 is 5.97 Å². The van der Waals surface area contributed by atoms with E-state index in [9.17, 15) is 4.79 Å². The Kier molecular flexibility index (Phi) is 6.26. The molecule has 1 aromatic heterocycles. The summed E-state index contributed by atoms with van der Waals surface area (Å²) in [6, 6.07) is 5.11. The molecule has 0 spiro atoms. The Hall–Kier alpha value is -2.47. The van der Waals surface area contributed by atoms with E-state index in [2.05, 4.69) is 5.16 Å². The van der Waals surface area contributed by atoms with Crippen molar-refractivity contribution in [3.8, 4) is 11.5 Å². The van der Waals surface area contributed by atoms with E-state index in [1.165, 1.54) is 13.2 Å². The summed E-state index contributed by atoms with van der Waals surface area (Å²) in [7, 11) is 1.52. The van der Waals surface area contributed by atoms with Gasteiger partial charge in [-0.2, -0.15) is 0 Å². The molecule has 128 valence electrons. The molecule has 2 rings (SSSR count). The smallest absolute Gasteiger partial charge is 0.331 e. The maximum atomic E-state index is 11.7. The van der Waals surface area contributed by atoms with E-state index in [1.54, 1.807) is 31.2 Å². The highest BCUT2D eigenvalue weighted by molar-refractivity contribution is 6.32. The lowest BCUT2D eigenvalue weighted by atomic mass is 10.2. The summed E-state index contributed by atoms with van der Waals surface area (Å²) >= 11 is 6.18. The van der Waals surface area contributed by atoms with Gasteiger partial charge in [-0.25, -0.2) is 4.79 Å². The molecule has 0 N–H and O–H groups in total. The van der Waals surface area contributed by atoms with E-state index in [1.807, 2.05) is 6.92 Å². The van der Waals surface area contributed by atoms with Gasteiger partial charge < -0.3 is 18.7 Å². The fourth-order valence-corrected chi connectivity index (χ4v) is 2.24. The molecule has 0 amide bonds. The molecule has 2 aromatic rings. The Morgan fingerprint density at radius 2 is 2.17 bits per heavy atom. The van der Waals surface area contributed by atoms with Crippen molar-refractivity contribution in [1.82, 2.24) is 5.16 Å². The van der Waals surface area contributed by atoms with Crippen molar-refractivity contribution >= 4 is 23.6 Å². The van der Waals surface area contributed by atoms with Gasteiger partial charge in [0.25, 0.3) is 0 Å². The fraction of sp³-hybridized carbons (Fsp3) is 0.294. The number of halogens is 1. The fourth-order valence-electron chi connectivity index (χ4n) is 1.96. The molecule has 6 nitrogen and oxygen atoms in total. The van der Waals surface area contributed by atoms with Gasteiger partial charge in [-0.3, -0.25) is 0 Å². The van der Waals surface area contributed by atoms with Crippen LogP contribution in [0.25, 0.3) is 6.08 Å². The van der Waals surface area contributed by atoms with Crippen LogP contribution in [0.5, 0.6) is 11.5 Å². The number of benzene rings is 1. The first-order valence-corrected chi connectivity index (χ1v) is 7.68. The second kappa shape index (κ2) is 8.40. The number of ether oxygens (including phenoxy) is 3. The molecular formula is C17H18ClNO5. The highest BCUT2D eigenvalue weighted by atomic mass is 35.5. The van der Waals surface area contributed by atoms with Crippen LogP contribution in [0.2, 0.25) is 5.02 Å². The summed E-state index contributed by atoms with van der Waals surface area (Å²) in [5.74, 6) is 1.13. The van der Waals surface area contributed by atoms with Crippen molar-refractivity contribution < 1.29 is 23.5 Å². The van der Waals surface area contributed by atoms with Gasteiger partial charge in [0.2, 0.25) is 0 Å². The molecule has 24 heavy (non-hydrogen) atoms. The highest BCUT2D eigenvalue weighted by Gasteiger charge is 2.11. The van der Waals surface area contributed by atoms with Gasteiger partial charge in [0.1, 0.15) is 18.1 Å². The minimum atomic E-state index is -0.500. The highest BCUT2D eigenvalue weighted by Crippen LogP contribution is 2.36. The lowest BCUT2D eigenvalue weighted by Crippen LogP contribution is -2.01. The van der Waals surface area contributed by atoms with E-state index in [4.69, 9.17) is 30.3 Å². The van der Waals surface area contributed by atoms with Gasteiger partial charge in [0.15, 0.2) is 11.5 Å². The molecule has 1 aromatic carbocycles. The molecule has 0 atom stereocenters. The average molecular weight is 352 g/mol. The van der Waals surface area contributed by atoms with Crippen molar-refractivity contribution in [3.05, 3.63) is 46.3 Å². The van der Waals surface area contributed by atoms with Crippen LogP contribution >= 0.6 is 11.6 Å². The summed E-state index contributed by atoms with van der Waals surface area (Å²) in [4.78, 5) is 11.7. The summed E-state index contributed by atoms with van der Waals surface area (Å²) in [5.41, 5.74) is 1.24. The second-order valence-corrected chi connectivity index (χ2v) is 5.24. The number of nitrogens with zero attached hydrogens (tertiary/aromatic N) is 1. The predicted octanol–water partition coefficient (Wildman–Crippen LogP) is 3.80. The summed E-state index contributed by atoms with van der Waals surface area (Å²) in [5, 5.41) is 4.15. The molecule has 0 bridgehead atoms.